The Morgan fingerprint density at radius 1 is 0.288 bits per heavy atom. The van der Waals surface area contributed by atoms with Crippen LogP contribution in [0.1, 0.15) is 342 Å². The molecule has 0 aliphatic carbocycles. The van der Waals surface area contributed by atoms with Crippen LogP contribution in [0.25, 0.3) is 0 Å². The second-order valence-electron chi connectivity index (χ2n) is 21.1. The molecule has 0 aliphatic heterocycles. The number of hydrogen-bond donors (Lipinski definition) is 0. The monoisotopic (exact) mass is 933 g/mol. The summed E-state index contributed by atoms with van der Waals surface area (Å²) in [4.78, 5) is 38.1. The molecule has 0 amide bonds. The van der Waals surface area contributed by atoms with Crippen LogP contribution in [-0.4, -0.2) is 37.2 Å². The van der Waals surface area contributed by atoms with Crippen molar-refractivity contribution in [3.8, 4) is 0 Å². The first-order chi connectivity index (χ1) is 32.4. The Morgan fingerprint density at radius 2 is 0.500 bits per heavy atom. The van der Waals surface area contributed by atoms with Gasteiger partial charge in [0.1, 0.15) is 13.2 Å². The summed E-state index contributed by atoms with van der Waals surface area (Å²) in [6.45, 7) is 9.07. The number of carbonyl (C=O) groups excluding carboxylic acids is 3. The molecule has 0 heterocycles. The molecule has 0 radical (unpaired) electrons. The first kappa shape index (κ1) is 64.4. The number of hydrogen-bond acceptors (Lipinski definition) is 6. The van der Waals surface area contributed by atoms with Gasteiger partial charge in [-0.25, -0.2) is 0 Å². The van der Waals surface area contributed by atoms with Crippen molar-refractivity contribution in [2.45, 2.75) is 348 Å². The Kier molecular flexibility index (Phi) is 53.0. The largest absolute Gasteiger partial charge is 0.462 e. The molecule has 0 bridgehead atoms. The van der Waals surface area contributed by atoms with Crippen molar-refractivity contribution in [1.29, 1.82) is 0 Å². The summed E-state index contributed by atoms with van der Waals surface area (Å²) in [5.41, 5.74) is 0. The van der Waals surface area contributed by atoms with Crippen LogP contribution in [0.15, 0.2) is 0 Å². The molecule has 0 N–H and O–H groups in total. The molecular formula is C60H116O6. The minimum absolute atomic E-state index is 0.0616. The SMILES string of the molecule is CCCCCCCCCCCCCCCCCCC(=O)O[C@@H](COC(=O)CCCCCCCCCCCCC)COC(=O)CCCCCCCCCCCCCCCCCCCCC(C)C. The molecule has 0 aliphatic rings. The van der Waals surface area contributed by atoms with Crippen LogP contribution in [0.3, 0.4) is 0 Å². The van der Waals surface area contributed by atoms with Crippen LogP contribution >= 0.6 is 0 Å². The molecule has 0 unspecified atom stereocenters. The van der Waals surface area contributed by atoms with Gasteiger partial charge in [-0.15, -0.1) is 0 Å². The zero-order valence-electron chi connectivity index (χ0n) is 45.2. The van der Waals surface area contributed by atoms with Crippen LogP contribution < -0.4 is 0 Å². The zero-order chi connectivity index (χ0) is 48.1. The van der Waals surface area contributed by atoms with Crippen molar-refractivity contribution >= 4 is 17.9 Å². The fourth-order valence-corrected chi connectivity index (χ4v) is 9.28. The van der Waals surface area contributed by atoms with Crippen LogP contribution in [0.2, 0.25) is 0 Å². The highest BCUT2D eigenvalue weighted by Gasteiger charge is 2.19. The third kappa shape index (κ3) is 53.4. The van der Waals surface area contributed by atoms with Crippen molar-refractivity contribution in [1.82, 2.24) is 0 Å². The first-order valence-corrected chi connectivity index (χ1v) is 29.9. The quantitative estimate of drug-likeness (QED) is 0.0343. The van der Waals surface area contributed by atoms with Gasteiger partial charge in [0, 0.05) is 19.3 Å². The van der Waals surface area contributed by atoms with E-state index in [1.807, 2.05) is 0 Å². The number of carbonyl (C=O) groups is 3. The van der Waals surface area contributed by atoms with Crippen LogP contribution in [0.5, 0.6) is 0 Å². The van der Waals surface area contributed by atoms with E-state index in [1.165, 1.54) is 238 Å². The fourth-order valence-electron chi connectivity index (χ4n) is 9.28. The van der Waals surface area contributed by atoms with Crippen molar-refractivity contribution in [2.24, 2.45) is 5.92 Å². The fraction of sp³-hybridized carbons (Fsp3) is 0.950. The second kappa shape index (κ2) is 54.4. The molecule has 66 heavy (non-hydrogen) atoms. The van der Waals surface area contributed by atoms with E-state index in [1.54, 1.807) is 0 Å². The van der Waals surface area contributed by atoms with E-state index in [0.717, 1.165) is 63.7 Å². The van der Waals surface area contributed by atoms with E-state index >= 15 is 0 Å². The highest BCUT2D eigenvalue weighted by Crippen LogP contribution is 2.18. The van der Waals surface area contributed by atoms with E-state index in [2.05, 4.69) is 27.7 Å². The maximum absolute atomic E-state index is 12.8. The van der Waals surface area contributed by atoms with Crippen molar-refractivity contribution in [3.05, 3.63) is 0 Å². The molecule has 6 heteroatoms. The number of rotatable bonds is 55. The summed E-state index contributed by atoms with van der Waals surface area (Å²) in [6.07, 6.45) is 59.6. The van der Waals surface area contributed by atoms with Gasteiger partial charge in [-0.3, -0.25) is 14.4 Å². The molecular weight excluding hydrogens is 817 g/mol. The Hall–Kier alpha value is -1.59. The smallest absolute Gasteiger partial charge is 0.306 e. The average Bonchev–Trinajstić information content (AvgIpc) is 3.30. The predicted molar refractivity (Wildman–Crippen MR) is 284 cm³/mol. The van der Waals surface area contributed by atoms with Crippen molar-refractivity contribution in [2.75, 3.05) is 13.2 Å². The topological polar surface area (TPSA) is 78.9 Å². The van der Waals surface area contributed by atoms with Crippen molar-refractivity contribution < 1.29 is 28.6 Å². The van der Waals surface area contributed by atoms with Gasteiger partial charge in [-0.1, -0.05) is 304 Å². The van der Waals surface area contributed by atoms with Gasteiger partial charge in [0.2, 0.25) is 0 Å². The predicted octanol–water partition coefficient (Wildman–Crippen LogP) is 19.8. The molecule has 392 valence electrons. The third-order valence-corrected chi connectivity index (χ3v) is 13.8. The molecule has 0 aromatic rings. The Balaban J connectivity index is 4.22. The van der Waals surface area contributed by atoms with Gasteiger partial charge < -0.3 is 14.2 Å². The van der Waals surface area contributed by atoms with Crippen LogP contribution in [0.4, 0.5) is 0 Å². The summed E-state index contributed by atoms with van der Waals surface area (Å²) in [5.74, 6) is 0.0253. The van der Waals surface area contributed by atoms with Crippen LogP contribution in [0, 0.1) is 5.92 Å². The normalized spacial score (nSPS) is 12.0. The first-order valence-electron chi connectivity index (χ1n) is 29.9. The summed E-state index contributed by atoms with van der Waals surface area (Å²) < 4.78 is 16.9. The van der Waals surface area contributed by atoms with Gasteiger partial charge in [0.15, 0.2) is 6.10 Å². The van der Waals surface area contributed by atoms with Gasteiger partial charge in [0.25, 0.3) is 0 Å². The van der Waals surface area contributed by atoms with E-state index in [-0.39, 0.29) is 31.1 Å². The lowest BCUT2D eigenvalue weighted by Crippen LogP contribution is -2.30. The summed E-state index contributed by atoms with van der Waals surface area (Å²) in [7, 11) is 0. The van der Waals surface area contributed by atoms with Gasteiger partial charge in [-0.2, -0.15) is 0 Å². The highest BCUT2D eigenvalue weighted by atomic mass is 16.6. The van der Waals surface area contributed by atoms with E-state index in [0.29, 0.717) is 19.3 Å². The summed E-state index contributed by atoms with van der Waals surface area (Å²) in [5, 5.41) is 0. The number of ether oxygens (including phenoxy) is 3. The molecule has 0 saturated carbocycles. The molecule has 0 rings (SSSR count). The molecule has 0 fully saturated rings. The maximum atomic E-state index is 12.8. The summed E-state index contributed by atoms with van der Waals surface area (Å²) in [6, 6.07) is 0. The Labute approximate surface area is 412 Å². The highest BCUT2D eigenvalue weighted by molar-refractivity contribution is 5.71. The minimum atomic E-state index is -0.761. The number of esters is 3. The molecule has 0 saturated heterocycles. The minimum Gasteiger partial charge on any atom is -0.462 e. The Bertz CT molecular complexity index is 996. The van der Waals surface area contributed by atoms with Gasteiger partial charge >= 0.3 is 17.9 Å². The standard InChI is InChI=1S/C60H116O6/c1-5-7-9-11-13-15-17-18-19-25-29-33-37-41-45-49-53-60(63)66-57(54-64-58(61)51-47-43-39-35-30-16-14-12-10-8-6-2)55-65-59(62)52-48-44-40-36-32-28-26-23-21-20-22-24-27-31-34-38-42-46-50-56(3)4/h56-57H,5-55H2,1-4H3/t57-/m0/s1. The van der Waals surface area contributed by atoms with Gasteiger partial charge in [-0.05, 0) is 25.2 Å². The Morgan fingerprint density at radius 3 is 0.742 bits per heavy atom. The molecule has 6 nitrogen and oxygen atoms in total. The lowest BCUT2D eigenvalue weighted by Gasteiger charge is -2.18. The third-order valence-electron chi connectivity index (χ3n) is 13.8. The lowest BCUT2D eigenvalue weighted by molar-refractivity contribution is -0.167. The van der Waals surface area contributed by atoms with E-state index < -0.39 is 6.10 Å². The van der Waals surface area contributed by atoms with Gasteiger partial charge in [0.05, 0.1) is 0 Å². The molecule has 0 aromatic carbocycles. The maximum Gasteiger partial charge on any atom is 0.306 e. The molecule has 0 spiro atoms. The number of unbranched alkanes of at least 4 members (excludes halogenated alkanes) is 42. The van der Waals surface area contributed by atoms with Crippen molar-refractivity contribution in [3.63, 3.8) is 0 Å². The summed E-state index contributed by atoms with van der Waals surface area (Å²) >= 11 is 0. The lowest BCUT2D eigenvalue weighted by atomic mass is 10.0. The van der Waals surface area contributed by atoms with E-state index in [9.17, 15) is 14.4 Å². The van der Waals surface area contributed by atoms with Crippen LogP contribution in [-0.2, 0) is 28.6 Å². The average molecular weight is 934 g/mol. The molecule has 0 aromatic heterocycles. The second-order valence-corrected chi connectivity index (χ2v) is 21.1. The van der Waals surface area contributed by atoms with E-state index in [4.69, 9.17) is 14.2 Å². The molecule has 1 atom stereocenters. The zero-order valence-corrected chi connectivity index (χ0v) is 45.2.